The van der Waals surface area contributed by atoms with Crippen molar-refractivity contribution in [1.82, 2.24) is 24.8 Å². The van der Waals surface area contributed by atoms with Crippen molar-refractivity contribution < 1.29 is 9.59 Å². The third kappa shape index (κ3) is 3.84. The first-order valence-electron chi connectivity index (χ1n) is 9.88. The fourth-order valence-corrected chi connectivity index (χ4v) is 3.79. The van der Waals surface area contributed by atoms with Gasteiger partial charge in [0.05, 0.1) is 0 Å². The second-order valence-corrected chi connectivity index (χ2v) is 7.73. The molecule has 9 heteroatoms. The van der Waals surface area contributed by atoms with Gasteiger partial charge in [0.15, 0.2) is 11.5 Å². The number of hydrogen-bond donors (Lipinski definition) is 3. The number of nitrogens with one attached hydrogen (secondary N) is 2. The van der Waals surface area contributed by atoms with Crippen molar-refractivity contribution in [3.05, 3.63) is 58.9 Å². The Morgan fingerprint density at radius 3 is 2.53 bits per heavy atom. The second-order valence-electron chi connectivity index (χ2n) is 7.73. The van der Waals surface area contributed by atoms with Crippen LogP contribution in [0.2, 0.25) is 0 Å². The molecule has 0 atom stereocenters. The van der Waals surface area contributed by atoms with Crippen LogP contribution in [0.4, 0.5) is 5.82 Å². The van der Waals surface area contributed by atoms with Crippen LogP contribution in [-0.2, 0) is 12.8 Å². The highest BCUT2D eigenvalue weighted by Crippen LogP contribution is 2.23. The summed E-state index contributed by atoms with van der Waals surface area (Å²) in [5, 5.41) is 10.6. The van der Waals surface area contributed by atoms with Crippen LogP contribution >= 0.6 is 0 Å². The zero-order chi connectivity index (χ0) is 21.3. The quantitative estimate of drug-likeness (QED) is 0.531. The highest BCUT2D eigenvalue weighted by atomic mass is 16.2. The molecule has 0 saturated carbocycles. The molecule has 0 aliphatic heterocycles. The minimum absolute atomic E-state index is 0.0157. The fourth-order valence-electron chi connectivity index (χ4n) is 3.79. The normalized spacial score (nSPS) is 13.6. The summed E-state index contributed by atoms with van der Waals surface area (Å²) in [6, 6.07) is 9.80. The van der Waals surface area contributed by atoms with Crippen molar-refractivity contribution in [2.24, 2.45) is 5.73 Å². The van der Waals surface area contributed by atoms with E-state index in [4.69, 9.17) is 5.73 Å². The standard InChI is InChI=1S/C21H25N7O2/c1-27(2)10-9-23-19-17(18(22)29)20-24-8-7-16(28(20)26-19)21(30)25-15-11-13-5-3-4-6-14(13)12-15/h3-8,15H,9-12H2,1-2H3,(H2,22,29)(H,23,26)(H,25,30). The summed E-state index contributed by atoms with van der Waals surface area (Å²) in [6.07, 6.45) is 3.07. The highest BCUT2D eigenvalue weighted by Gasteiger charge is 2.26. The molecule has 0 fully saturated rings. The average molecular weight is 407 g/mol. The van der Waals surface area contributed by atoms with E-state index in [1.54, 1.807) is 6.07 Å². The van der Waals surface area contributed by atoms with E-state index >= 15 is 0 Å². The van der Waals surface area contributed by atoms with Crippen molar-refractivity contribution in [1.29, 1.82) is 0 Å². The predicted octanol–water partition coefficient (Wildman–Crippen LogP) is 0.699. The first-order valence-corrected chi connectivity index (χ1v) is 9.88. The minimum atomic E-state index is -0.645. The maximum absolute atomic E-state index is 13.0. The van der Waals surface area contributed by atoms with E-state index < -0.39 is 5.91 Å². The van der Waals surface area contributed by atoms with Crippen LogP contribution in [0.25, 0.3) is 5.65 Å². The van der Waals surface area contributed by atoms with Gasteiger partial charge in [-0.2, -0.15) is 0 Å². The van der Waals surface area contributed by atoms with Crippen LogP contribution in [0.1, 0.15) is 32.0 Å². The fraction of sp³-hybridized carbons (Fsp3) is 0.333. The summed E-state index contributed by atoms with van der Waals surface area (Å²) in [5.74, 6) is -0.586. The number of rotatable bonds is 7. The number of benzene rings is 1. The SMILES string of the molecule is CN(C)CCNc1nn2c(C(=O)NC3Cc4ccccc4C3)ccnc2c1C(N)=O. The van der Waals surface area contributed by atoms with Crippen molar-refractivity contribution in [3.63, 3.8) is 0 Å². The maximum Gasteiger partial charge on any atom is 0.270 e. The van der Waals surface area contributed by atoms with Gasteiger partial charge in [0.2, 0.25) is 0 Å². The number of nitrogens with zero attached hydrogens (tertiary/aromatic N) is 4. The lowest BCUT2D eigenvalue weighted by molar-refractivity contribution is 0.0929. The molecule has 0 saturated heterocycles. The molecular formula is C21H25N7O2. The number of anilines is 1. The lowest BCUT2D eigenvalue weighted by Crippen LogP contribution is -2.36. The van der Waals surface area contributed by atoms with E-state index in [0.29, 0.717) is 18.1 Å². The molecule has 2 aromatic heterocycles. The Labute approximate surface area is 174 Å². The van der Waals surface area contributed by atoms with E-state index in [0.717, 1.165) is 19.4 Å². The Kier molecular flexibility index (Phi) is 5.37. The van der Waals surface area contributed by atoms with Gasteiger partial charge < -0.3 is 21.3 Å². The minimum Gasteiger partial charge on any atom is -0.367 e. The number of likely N-dealkylation sites (N-methyl/N-ethyl adjacent to an activating group) is 1. The number of aromatic nitrogens is 3. The van der Waals surface area contributed by atoms with Crippen molar-refractivity contribution in [2.75, 3.05) is 32.5 Å². The first-order chi connectivity index (χ1) is 14.4. The summed E-state index contributed by atoms with van der Waals surface area (Å²) in [4.78, 5) is 31.3. The smallest absolute Gasteiger partial charge is 0.270 e. The van der Waals surface area contributed by atoms with Gasteiger partial charge in [-0.05, 0) is 44.1 Å². The van der Waals surface area contributed by atoms with Crippen LogP contribution in [0, 0.1) is 0 Å². The molecule has 4 N–H and O–H groups in total. The Balaban J connectivity index is 1.59. The number of hydrogen-bond acceptors (Lipinski definition) is 6. The molecular weight excluding hydrogens is 382 g/mol. The topological polar surface area (TPSA) is 118 Å². The van der Waals surface area contributed by atoms with Crippen molar-refractivity contribution in [3.8, 4) is 0 Å². The summed E-state index contributed by atoms with van der Waals surface area (Å²) < 4.78 is 1.38. The predicted molar refractivity (Wildman–Crippen MR) is 114 cm³/mol. The van der Waals surface area contributed by atoms with E-state index in [1.807, 2.05) is 31.1 Å². The zero-order valence-corrected chi connectivity index (χ0v) is 17.1. The third-order valence-corrected chi connectivity index (χ3v) is 5.24. The maximum atomic E-state index is 13.0. The second kappa shape index (κ2) is 8.11. The van der Waals surface area contributed by atoms with Gasteiger partial charge in [0, 0.05) is 25.3 Å². The molecule has 30 heavy (non-hydrogen) atoms. The molecule has 2 heterocycles. The van der Waals surface area contributed by atoms with E-state index in [-0.39, 0.29) is 23.2 Å². The van der Waals surface area contributed by atoms with E-state index in [9.17, 15) is 9.59 Å². The van der Waals surface area contributed by atoms with Gasteiger partial charge >= 0.3 is 0 Å². The number of primary amides is 1. The highest BCUT2D eigenvalue weighted by molar-refractivity contribution is 6.04. The molecule has 0 bridgehead atoms. The molecule has 1 aliphatic carbocycles. The van der Waals surface area contributed by atoms with E-state index in [2.05, 4.69) is 32.8 Å². The lowest BCUT2D eigenvalue weighted by Gasteiger charge is -2.12. The number of carbonyl (C=O) groups excluding carboxylic acids is 2. The molecule has 3 aromatic rings. The molecule has 1 aliphatic rings. The Morgan fingerprint density at radius 1 is 1.20 bits per heavy atom. The first kappa shape index (κ1) is 19.8. The zero-order valence-electron chi connectivity index (χ0n) is 17.1. The molecule has 4 rings (SSSR count). The van der Waals surface area contributed by atoms with Gasteiger partial charge in [0.1, 0.15) is 11.3 Å². The summed E-state index contributed by atoms with van der Waals surface area (Å²) in [6.45, 7) is 1.31. The van der Waals surface area contributed by atoms with E-state index in [1.165, 1.54) is 21.8 Å². The lowest BCUT2D eigenvalue weighted by atomic mass is 10.1. The third-order valence-electron chi connectivity index (χ3n) is 5.24. The Morgan fingerprint density at radius 2 is 1.90 bits per heavy atom. The largest absolute Gasteiger partial charge is 0.367 e. The molecule has 9 nitrogen and oxygen atoms in total. The summed E-state index contributed by atoms with van der Waals surface area (Å²) in [7, 11) is 3.90. The molecule has 2 amide bonds. The Hall–Kier alpha value is -3.46. The number of amides is 2. The number of nitrogens with two attached hydrogens (primary N) is 1. The molecule has 1 aromatic carbocycles. The molecule has 156 valence electrons. The molecule has 0 spiro atoms. The summed E-state index contributed by atoms with van der Waals surface area (Å²) >= 11 is 0. The van der Waals surface area contributed by atoms with Crippen LogP contribution in [0.3, 0.4) is 0 Å². The van der Waals surface area contributed by atoms with Gasteiger partial charge in [-0.3, -0.25) is 9.59 Å². The van der Waals surface area contributed by atoms with Crippen molar-refractivity contribution in [2.45, 2.75) is 18.9 Å². The molecule has 0 unspecified atom stereocenters. The van der Waals surface area contributed by atoms with Gasteiger partial charge in [-0.25, -0.2) is 9.50 Å². The van der Waals surface area contributed by atoms with Gasteiger partial charge in [-0.1, -0.05) is 24.3 Å². The number of fused-ring (bicyclic) bond motifs is 2. The van der Waals surface area contributed by atoms with Crippen LogP contribution in [-0.4, -0.2) is 64.5 Å². The van der Waals surface area contributed by atoms with Crippen LogP contribution in [0.5, 0.6) is 0 Å². The van der Waals surface area contributed by atoms with Gasteiger partial charge in [0.25, 0.3) is 11.8 Å². The average Bonchev–Trinajstić information content (AvgIpc) is 3.27. The Bertz CT molecular complexity index is 1080. The van der Waals surface area contributed by atoms with Gasteiger partial charge in [-0.15, -0.1) is 5.10 Å². The number of carbonyl (C=O) groups is 2. The molecule has 0 radical (unpaired) electrons. The van der Waals surface area contributed by atoms with Crippen LogP contribution < -0.4 is 16.4 Å². The van der Waals surface area contributed by atoms with Crippen molar-refractivity contribution >= 4 is 23.3 Å². The van der Waals surface area contributed by atoms with Crippen LogP contribution in [0.15, 0.2) is 36.5 Å². The summed E-state index contributed by atoms with van der Waals surface area (Å²) in [5.41, 5.74) is 8.83. The monoisotopic (exact) mass is 407 g/mol.